The van der Waals surface area contributed by atoms with E-state index in [0.717, 1.165) is 5.56 Å². The van der Waals surface area contributed by atoms with Crippen molar-refractivity contribution in [3.05, 3.63) is 59.7 Å². The van der Waals surface area contributed by atoms with Gasteiger partial charge < -0.3 is 24.8 Å². The SMILES string of the molecule is COC(=O)[C@@H]1[C@@H](NCc2cc(OC(F)(F)F)ccc2OC)[C@H](c2ccccc2)N[C@H]1C. The highest BCUT2D eigenvalue weighted by Gasteiger charge is 2.46. The van der Waals surface area contributed by atoms with Crippen molar-refractivity contribution in [2.24, 2.45) is 5.92 Å². The van der Waals surface area contributed by atoms with Gasteiger partial charge in [-0.25, -0.2) is 0 Å². The van der Waals surface area contributed by atoms with E-state index < -0.39 is 12.3 Å². The van der Waals surface area contributed by atoms with Gasteiger partial charge in [0.1, 0.15) is 11.5 Å². The smallest absolute Gasteiger partial charge is 0.496 e. The molecule has 2 N–H and O–H groups in total. The van der Waals surface area contributed by atoms with Crippen molar-refractivity contribution < 1.29 is 32.2 Å². The van der Waals surface area contributed by atoms with Gasteiger partial charge in [-0.2, -0.15) is 0 Å². The van der Waals surface area contributed by atoms with Gasteiger partial charge in [0.15, 0.2) is 0 Å². The molecule has 1 fully saturated rings. The predicted molar refractivity (Wildman–Crippen MR) is 108 cm³/mol. The summed E-state index contributed by atoms with van der Waals surface area (Å²) >= 11 is 0. The minimum Gasteiger partial charge on any atom is -0.496 e. The number of rotatable bonds is 7. The van der Waals surface area contributed by atoms with Gasteiger partial charge in [0.05, 0.1) is 20.1 Å². The van der Waals surface area contributed by atoms with E-state index in [1.165, 1.54) is 32.4 Å². The zero-order chi connectivity index (χ0) is 22.6. The number of carbonyl (C=O) groups is 1. The van der Waals surface area contributed by atoms with Crippen molar-refractivity contribution in [2.75, 3.05) is 14.2 Å². The molecule has 1 saturated heterocycles. The number of methoxy groups -OCH3 is 2. The summed E-state index contributed by atoms with van der Waals surface area (Å²) in [4.78, 5) is 12.5. The largest absolute Gasteiger partial charge is 0.573 e. The second-order valence-electron chi connectivity index (χ2n) is 7.32. The zero-order valence-corrected chi connectivity index (χ0v) is 17.4. The lowest BCUT2D eigenvalue weighted by molar-refractivity contribution is -0.274. The van der Waals surface area contributed by atoms with Crippen LogP contribution in [-0.4, -0.2) is 38.6 Å². The summed E-state index contributed by atoms with van der Waals surface area (Å²) in [5, 5.41) is 6.75. The van der Waals surface area contributed by atoms with Crippen LogP contribution in [-0.2, 0) is 16.1 Å². The standard InChI is InChI=1S/C22H25F3N2O4/c1-13-18(21(28)30-3)20(19(27-13)14-7-5-4-6-8-14)26-12-15-11-16(31-22(23,24)25)9-10-17(15)29-2/h4-11,13,18-20,26-27H,12H2,1-3H3/t13-,18-,19-,20+/m0/s1. The lowest BCUT2D eigenvalue weighted by Gasteiger charge is -2.25. The molecule has 0 amide bonds. The van der Waals surface area contributed by atoms with Crippen LogP contribution in [0.2, 0.25) is 0 Å². The maximum atomic E-state index is 12.6. The first-order valence-electron chi connectivity index (χ1n) is 9.78. The average Bonchev–Trinajstić information content (AvgIpc) is 3.07. The van der Waals surface area contributed by atoms with Crippen LogP contribution in [0.5, 0.6) is 11.5 Å². The molecule has 1 aliphatic heterocycles. The van der Waals surface area contributed by atoms with E-state index in [9.17, 15) is 18.0 Å². The molecule has 0 unspecified atom stereocenters. The fourth-order valence-electron chi connectivity index (χ4n) is 4.02. The van der Waals surface area contributed by atoms with Crippen LogP contribution >= 0.6 is 0 Å². The molecular weight excluding hydrogens is 413 g/mol. The molecule has 0 aliphatic carbocycles. The minimum absolute atomic E-state index is 0.161. The molecule has 0 aromatic heterocycles. The molecule has 0 radical (unpaired) electrons. The summed E-state index contributed by atoms with van der Waals surface area (Å²) < 4.78 is 52.2. The number of halogens is 3. The highest BCUT2D eigenvalue weighted by molar-refractivity contribution is 5.75. The normalized spacial score (nSPS) is 23.4. The fraction of sp³-hybridized carbons (Fsp3) is 0.409. The Morgan fingerprint density at radius 2 is 1.84 bits per heavy atom. The van der Waals surface area contributed by atoms with Crippen LogP contribution in [0.1, 0.15) is 24.1 Å². The Kier molecular flexibility index (Phi) is 7.07. The number of esters is 1. The Bertz CT molecular complexity index is 892. The van der Waals surface area contributed by atoms with Crippen LogP contribution in [0.3, 0.4) is 0 Å². The van der Waals surface area contributed by atoms with Gasteiger partial charge in [0.25, 0.3) is 0 Å². The van der Waals surface area contributed by atoms with Crippen molar-refractivity contribution in [1.29, 1.82) is 0 Å². The molecule has 3 rings (SSSR count). The lowest BCUT2D eigenvalue weighted by atomic mass is 9.91. The summed E-state index contributed by atoms with van der Waals surface area (Å²) in [5.41, 5.74) is 1.46. The van der Waals surface area contributed by atoms with Gasteiger partial charge in [0.2, 0.25) is 0 Å². The molecule has 1 aliphatic rings. The van der Waals surface area contributed by atoms with Gasteiger partial charge in [-0.1, -0.05) is 30.3 Å². The van der Waals surface area contributed by atoms with Crippen LogP contribution < -0.4 is 20.1 Å². The topological polar surface area (TPSA) is 68.8 Å². The summed E-state index contributed by atoms with van der Waals surface area (Å²) in [7, 11) is 2.77. The number of alkyl halides is 3. The number of benzene rings is 2. The second-order valence-corrected chi connectivity index (χ2v) is 7.32. The Morgan fingerprint density at radius 3 is 2.45 bits per heavy atom. The Balaban J connectivity index is 1.87. The molecule has 31 heavy (non-hydrogen) atoms. The second kappa shape index (κ2) is 9.57. The molecular formula is C22H25F3N2O4. The summed E-state index contributed by atoms with van der Waals surface area (Å²) in [5.74, 6) is -0.785. The quantitative estimate of drug-likeness (QED) is 0.645. The summed E-state index contributed by atoms with van der Waals surface area (Å²) in [6.07, 6.45) is -4.79. The first-order valence-corrected chi connectivity index (χ1v) is 9.78. The average molecular weight is 438 g/mol. The molecule has 9 heteroatoms. The Morgan fingerprint density at radius 1 is 1.13 bits per heavy atom. The number of nitrogens with one attached hydrogen (secondary N) is 2. The van der Waals surface area contributed by atoms with E-state index in [-0.39, 0.29) is 36.4 Å². The molecule has 1 heterocycles. The predicted octanol–water partition coefficient (Wildman–Crippen LogP) is 3.57. The van der Waals surface area contributed by atoms with Crippen LogP contribution in [0, 0.1) is 5.92 Å². The van der Waals surface area contributed by atoms with E-state index >= 15 is 0 Å². The maximum Gasteiger partial charge on any atom is 0.573 e. The number of carbonyl (C=O) groups excluding carboxylic acids is 1. The van der Waals surface area contributed by atoms with Crippen LogP contribution in [0.25, 0.3) is 0 Å². The summed E-state index contributed by atoms with van der Waals surface area (Å²) in [6, 6.07) is 12.8. The molecule has 0 spiro atoms. The lowest BCUT2D eigenvalue weighted by Crippen LogP contribution is -2.42. The molecule has 0 bridgehead atoms. The van der Waals surface area contributed by atoms with Crippen molar-refractivity contribution in [2.45, 2.75) is 38.0 Å². The van der Waals surface area contributed by atoms with Crippen molar-refractivity contribution >= 4 is 5.97 Å². The first-order chi connectivity index (χ1) is 14.7. The van der Waals surface area contributed by atoms with E-state index in [1.54, 1.807) is 0 Å². The van der Waals surface area contributed by atoms with Gasteiger partial charge in [-0.05, 0) is 30.7 Å². The summed E-state index contributed by atoms with van der Waals surface area (Å²) in [6.45, 7) is 2.06. The minimum atomic E-state index is -4.79. The van der Waals surface area contributed by atoms with Crippen molar-refractivity contribution in [3.8, 4) is 11.5 Å². The molecule has 4 atom stereocenters. The third kappa shape index (κ3) is 5.48. The van der Waals surface area contributed by atoms with E-state index in [4.69, 9.17) is 9.47 Å². The van der Waals surface area contributed by atoms with E-state index in [1.807, 2.05) is 37.3 Å². The van der Waals surface area contributed by atoms with Crippen molar-refractivity contribution in [3.63, 3.8) is 0 Å². The first kappa shape index (κ1) is 22.9. The van der Waals surface area contributed by atoms with Gasteiger partial charge >= 0.3 is 12.3 Å². The zero-order valence-electron chi connectivity index (χ0n) is 17.4. The Labute approximate surface area is 178 Å². The monoisotopic (exact) mass is 438 g/mol. The molecule has 6 nitrogen and oxygen atoms in total. The van der Waals surface area contributed by atoms with Crippen molar-refractivity contribution in [1.82, 2.24) is 10.6 Å². The van der Waals surface area contributed by atoms with Gasteiger partial charge in [0, 0.05) is 30.2 Å². The number of hydrogen-bond donors (Lipinski definition) is 2. The molecule has 2 aromatic rings. The van der Waals surface area contributed by atoms with Gasteiger partial charge in [-0.3, -0.25) is 4.79 Å². The van der Waals surface area contributed by atoms with Gasteiger partial charge in [-0.15, -0.1) is 13.2 Å². The van der Waals surface area contributed by atoms with E-state index in [0.29, 0.717) is 11.3 Å². The Hall–Kier alpha value is -2.78. The van der Waals surface area contributed by atoms with E-state index in [2.05, 4.69) is 15.4 Å². The maximum absolute atomic E-state index is 12.6. The van der Waals surface area contributed by atoms with Crippen LogP contribution in [0.15, 0.2) is 48.5 Å². The fourth-order valence-corrected chi connectivity index (χ4v) is 4.02. The highest BCUT2D eigenvalue weighted by Crippen LogP contribution is 2.34. The number of ether oxygens (including phenoxy) is 3. The highest BCUT2D eigenvalue weighted by atomic mass is 19.4. The van der Waals surface area contributed by atoms with Crippen LogP contribution in [0.4, 0.5) is 13.2 Å². The third-order valence-electron chi connectivity index (χ3n) is 5.37. The third-order valence-corrected chi connectivity index (χ3v) is 5.37. The molecule has 2 aromatic carbocycles. The molecule has 0 saturated carbocycles. The number of hydrogen-bond acceptors (Lipinski definition) is 6. The molecule has 168 valence electrons.